The molecule has 1 atom stereocenters. The maximum absolute atomic E-state index is 12.5. The first-order valence-corrected chi connectivity index (χ1v) is 9.94. The van der Waals surface area contributed by atoms with E-state index in [2.05, 4.69) is 25.9 Å². The number of rotatable bonds is 4. The van der Waals surface area contributed by atoms with Crippen LogP contribution >= 0.6 is 15.9 Å². The molecule has 1 aliphatic rings. The maximum Gasteiger partial charge on any atom is 0.248 e. The van der Waals surface area contributed by atoms with E-state index < -0.39 is 10.8 Å². The van der Waals surface area contributed by atoms with Gasteiger partial charge in [-0.2, -0.15) is 0 Å². The standard InChI is InChI=1S/C17H16BrN3O2S/c1-24(23)9-8-21-15-6-5-12(18)10-13(15)17(20-11-16(21)22)14-4-2-3-7-19-14/h2-7,10H,8-9,11H2,1H3. The van der Waals surface area contributed by atoms with Gasteiger partial charge in [-0.15, -0.1) is 0 Å². The van der Waals surface area contributed by atoms with Crippen LogP contribution in [0, 0.1) is 0 Å². The number of hydrogen-bond acceptors (Lipinski definition) is 4. The molecule has 0 saturated heterocycles. The van der Waals surface area contributed by atoms with Crippen molar-refractivity contribution in [3.63, 3.8) is 0 Å². The van der Waals surface area contributed by atoms with E-state index in [9.17, 15) is 9.00 Å². The summed E-state index contributed by atoms with van der Waals surface area (Å²) in [5.41, 5.74) is 3.04. The Morgan fingerprint density at radius 1 is 1.29 bits per heavy atom. The summed E-state index contributed by atoms with van der Waals surface area (Å²) in [4.78, 5) is 23.1. The van der Waals surface area contributed by atoms with Crippen LogP contribution in [0.4, 0.5) is 5.69 Å². The van der Waals surface area contributed by atoms with Gasteiger partial charge in [0.2, 0.25) is 5.91 Å². The van der Waals surface area contributed by atoms with Crippen molar-refractivity contribution in [2.24, 2.45) is 4.99 Å². The lowest BCUT2D eigenvalue weighted by atomic mass is 10.0. The van der Waals surface area contributed by atoms with E-state index in [1.807, 2.05) is 36.4 Å². The number of anilines is 1. The summed E-state index contributed by atoms with van der Waals surface area (Å²) in [5.74, 6) is 0.329. The Morgan fingerprint density at radius 3 is 2.83 bits per heavy atom. The molecule has 0 radical (unpaired) electrons. The van der Waals surface area contributed by atoms with Crippen molar-refractivity contribution >= 4 is 44.0 Å². The molecule has 2 heterocycles. The van der Waals surface area contributed by atoms with E-state index in [1.54, 1.807) is 17.4 Å². The highest BCUT2D eigenvalue weighted by molar-refractivity contribution is 9.10. The molecule has 0 bridgehead atoms. The number of aromatic nitrogens is 1. The van der Waals surface area contributed by atoms with Crippen LogP contribution in [0.2, 0.25) is 0 Å². The molecular formula is C17H16BrN3O2S. The second kappa shape index (κ2) is 7.36. The van der Waals surface area contributed by atoms with Crippen LogP contribution in [0.15, 0.2) is 52.1 Å². The van der Waals surface area contributed by atoms with E-state index in [1.165, 1.54) is 0 Å². The van der Waals surface area contributed by atoms with Gasteiger partial charge in [0.25, 0.3) is 0 Å². The SMILES string of the molecule is CS(=O)CCN1C(=O)CN=C(c2ccccn2)c2cc(Br)ccc21. The second-order valence-electron chi connectivity index (χ2n) is 5.36. The van der Waals surface area contributed by atoms with Gasteiger partial charge >= 0.3 is 0 Å². The largest absolute Gasteiger partial charge is 0.309 e. The normalized spacial score (nSPS) is 15.5. The molecule has 7 heteroatoms. The van der Waals surface area contributed by atoms with Crippen molar-refractivity contribution < 1.29 is 9.00 Å². The lowest BCUT2D eigenvalue weighted by Crippen LogP contribution is -2.35. The van der Waals surface area contributed by atoms with Crippen LogP contribution in [0.1, 0.15) is 11.3 Å². The number of carbonyl (C=O) groups excluding carboxylic acids is 1. The molecule has 3 rings (SSSR count). The number of hydrogen-bond donors (Lipinski definition) is 0. The number of nitrogens with zero attached hydrogens (tertiary/aromatic N) is 3. The van der Waals surface area contributed by atoms with Crippen molar-refractivity contribution in [1.29, 1.82) is 0 Å². The predicted octanol–water partition coefficient (Wildman–Crippen LogP) is 2.41. The van der Waals surface area contributed by atoms with E-state index in [-0.39, 0.29) is 12.5 Å². The first kappa shape index (κ1) is 17.0. The first-order valence-electron chi connectivity index (χ1n) is 7.42. The molecule has 1 aromatic carbocycles. The average molecular weight is 406 g/mol. The lowest BCUT2D eigenvalue weighted by Gasteiger charge is -2.22. The lowest BCUT2D eigenvalue weighted by molar-refractivity contribution is -0.117. The van der Waals surface area contributed by atoms with Crippen LogP contribution in [-0.4, -0.2) is 45.9 Å². The topological polar surface area (TPSA) is 62.6 Å². The molecule has 1 amide bonds. The quantitative estimate of drug-likeness (QED) is 0.784. The molecule has 124 valence electrons. The minimum absolute atomic E-state index is 0.0502. The second-order valence-corrected chi connectivity index (χ2v) is 7.83. The Balaban J connectivity index is 2.10. The number of fused-ring (bicyclic) bond motifs is 1. The molecule has 0 saturated carbocycles. The summed E-state index contributed by atoms with van der Waals surface area (Å²) >= 11 is 3.49. The van der Waals surface area contributed by atoms with Crippen molar-refractivity contribution in [3.05, 3.63) is 58.3 Å². The molecule has 1 aromatic heterocycles. The van der Waals surface area contributed by atoms with Gasteiger partial charge in [0.15, 0.2) is 0 Å². The maximum atomic E-state index is 12.5. The minimum Gasteiger partial charge on any atom is -0.309 e. The van der Waals surface area contributed by atoms with Gasteiger partial charge in [0, 0.05) is 45.6 Å². The molecule has 0 N–H and O–H groups in total. The monoisotopic (exact) mass is 405 g/mol. The molecule has 0 fully saturated rings. The number of benzene rings is 1. The molecule has 24 heavy (non-hydrogen) atoms. The molecule has 2 aromatic rings. The zero-order chi connectivity index (χ0) is 17.1. The molecule has 0 spiro atoms. The van der Waals surface area contributed by atoms with Gasteiger partial charge in [-0.3, -0.25) is 19.0 Å². The third-order valence-electron chi connectivity index (χ3n) is 3.69. The Bertz CT molecular complexity index is 824. The summed E-state index contributed by atoms with van der Waals surface area (Å²) in [7, 11) is -0.967. The van der Waals surface area contributed by atoms with Crippen molar-refractivity contribution in [2.45, 2.75) is 0 Å². The Hall–Kier alpha value is -1.86. The third kappa shape index (κ3) is 3.62. The fourth-order valence-corrected chi connectivity index (χ4v) is 3.37. The van der Waals surface area contributed by atoms with E-state index >= 15 is 0 Å². The van der Waals surface area contributed by atoms with Crippen molar-refractivity contribution in [1.82, 2.24) is 4.98 Å². The van der Waals surface area contributed by atoms with Gasteiger partial charge in [-0.05, 0) is 30.3 Å². The summed E-state index contributed by atoms with van der Waals surface area (Å²) < 4.78 is 12.4. The highest BCUT2D eigenvalue weighted by Gasteiger charge is 2.25. The van der Waals surface area contributed by atoms with Gasteiger partial charge in [-0.25, -0.2) is 0 Å². The fraction of sp³-hybridized carbons (Fsp3) is 0.235. The number of carbonyl (C=O) groups is 1. The highest BCUT2D eigenvalue weighted by Crippen LogP contribution is 2.29. The number of aliphatic imine (C=N–C) groups is 1. The zero-order valence-corrected chi connectivity index (χ0v) is 15.5. The highest BCUT2D eigenvalue weighted by atomic mass is 79.9. The number of amides is 1. The molecule has 1 aliphatic heterocycles. The van der Waals surface area contributed by atoms with Crippen LogP contribution in [0.5, 0.6) is 0 Å². The molecular weight excluding hydrogens is 390 g/mol. The first-order chi connectivity index (χ1) is 11.6. The summed E-state index contributed by atoms with van der Waals surface area (Å²) in [6.07, 6.45) is 3.35. The summed E-state index contributed by atoms with van der Waals surface area (Å²) in [6, 6.07) is 11.3. The number of pyridine rings is 1. The van der Waals surface area contributed by atoms with Crippen molar-refractivity contribution in [3.8, 4) is 0 Å². The molecule has 0 aliphatic carbocycles. The Morgan fingerprint density at radius 2 is 2.12 bits per heavy atom. The zero-order valence-electron chi connectivity index (χ0n) is 13.1. The van der Waals surface area contributed by atoms with Crippen LogP contribution in [0.25, 0.3) is 0 Å². The van der Waals surface area contributed by atoms with Crippen LogP contribution < -0.4 is 4.90 Å². The van der Waals surface area contributed by atoms with Gasteiger partial charge in [0.05, 0.1) is 17.1 Å². The number of benzodiazepines with no additional fused rings is 1. The minimum atomic E-state index is -0.967. The summed E-state index contributed by atoms with van der Waals surface area (Å²) in [6.45, 7) is 0.455. The van der Waals surface area contributed by atoms with E-state index in [0.717, 1.165) is 21.4 Å². The van der Waals surface area contributed by atoms with Crippen LogP contribution in [0.3, 0.4) is 0 Å². The van der Waals surface area contributed by atoms with E-state index in [0.29, 0.717) is 18.0 Å². The van der Waals surface area contributed by atoms with Crippen molar-refractivity contribution in [2.75, 3.05) is 30.0 Å². The van der Waals surface area contributed by atoms with Crippen LogP contribution in [-0.2, 0) is 15.6 Å². The van der Waals surface area contributed by atoms with Gasteiger partial charge in [0.1, 0.15) is 6.54 Å². The smallest absolute Gasteiger partial charge is 0.248 e. The van der Waals surface area contributed by atoms with Gasteiger partial charge in [-0.1, -0.05) is 22.0 Å². The van der Waals surface area contributed by atoms with E-state index in [4.69, 9.17) is 0 Å². The predicted molar refractivity (Wildman–Crippen MR) is 100 cm³/mol. The summed E-state index contributed by atoms with van der Waals surface area (Å²) in [5, 5.41) is 0. The third-order valence-corrected chi connectivity index (χ3v) is 4.94. The Kier molecular flexibility index (Phi) is 5.20. The Labute approximate surface area is 151 Å². The number of halogens is 1. The van der Waals surface area contributed by atoms with Gasteiger partial charge < -0.3 is 4.90 Å². The molecule has 5 nitrogen and oxygen atoms in total. The average Bonchev–Trinajstić information content (AvgIpc) is 2.70. The fourth-order valence-electron chi connectivity index (χ4n) is 2.57. The molecule has 1 unspecified atom stereocenters.